The Bertz CT molecular complexity index is 725. The lowest BCUT2D eigenvalue weighted by Crippen LogP contribution is -2.56. The van der Waals surface area contributed by atoms with Gasteiger partial charge in [-0.05, 0) is 74.5 Å². The van der Waals surface area contributed by atoms with Gasteiger partial charge in [0, 0.05) is 5.56 Å². The van der Waals surface area contributed by atoms with E-state index in [4.69, 9.17) is 9.47 Å². The van der Waals surface area contributed by atoms with E-state index in [0.29, 0.717) is 48.0 Å². The van der Waals surface area contributed by atoms with Gasteiger partial charge in [0.25, 0.3) is 5.91 Å². The van der Waals surface area contributed by atoms with E-state index in [9.17, 15) is 9.59 Å². The van der Waals surface area contributed by atoms with Gasteiger partial charge in [0.1, 0.15) is 13.2 Å². The van der Waals surface area contributed by atoms with Gasteiger partial charge in [0.15, 0.2) is 11.5 Å². The number of hydrazine groups is 1. The van der Waals surface area contributed by atoms with Gasteiger partial charge in [-0.15, -0.1) is 0 Å². The standard InChI is InChI=1S/C20H24N2O4/c23-18(15-1-2-16-17(8-15)26-4-3-25-16)21-22-19(24)20-9-12-5-13(10-20)7-14(6-12)11-20/h1-2,8,12-14H,3-7,9-11H2,(H,21,23)(H,22,24). The SMILES string of the molecule is O=C(NNC(=O)C12CC3CC(CC(C3)C1)C2)c1ccc2c(c1)OCCO2. The van der Waals surface area contributed by atoms with Crippen molar-refractivity contribution in [2.75, 3.05) is 13.2 Å². The maximum atomic E-state index is 12.9. The third-order valence-corrected chi connectivity index (χ3v) is 6.61. The van der Waals surface area contributed by atoms with E-state index in [1.54, 1.807) is 18.2 Å². The highest BCUT2D eigenvalue weighted by Gasteiger charge is 2.54. The molecule has 1 aliphatic heterocycles. The second kappa shape index (κ2) is 5.89. The van der Waals surface area contributed by atoms with Gasteiger partial charge in [-0.2, -0.15) is 0 Å². The molecule has 0 spiro atoms. The van der Waals surface area contributed by atoms with E-state index >= 15 is 0 Å². The molecule has 26 heavy (non-hydrogen) atoms. The molecule has 4 fully saturated rings. The lowest BCUT2D eigenvalue weighted by Gasteiger charge is -2.55. The lowest BCUT2D eigenvalue weighted by atomic mass is 9.49. The van der Waals surface area contributed by atoms with Crippen LogP contribution in [0.25, 0.3) is 0 Å². The first-order valence-electron chi connectivity index (χ1n) is 9.62. The van der Waals surface area contributed by atoms with Crippen molar-refractivity contribution in [2.24, 2.45) is 23.2 Å². The minimum Gasteiger partial charge on any atom is -0.486 e. The fraction of sp³-hybridized carbons (Fsp3) is 0.600. The zero-order valence-corrected chi connectivity index (χ0v) is 14.8. The number of carbonyl (C=O) groups is 2. The Morgan fingerprint density at radius 2 is 1.50 bits per heavy atom. The van der Waals surface area contributed by atoms with Gasteiger partial charge in [0.05, 0.1) is 5.41 Å². The second-order valence-electron chi connectivity index (χ2n) is 8.46. The van der Waals surface area contributed by atoms with Gasteiger partial charge >= 0.3 is 0 Å². The molecule has 2 N–H and O–H groups in total. The summed E-state index contributed by atoms with van der Waals surface area (Å²) in [5, 5.41) is 0. The van der Waals surface area contributed by atoms with Gasteiger partial charge < -0.3 is 9.47 Å². The average molecular weight is 356 g/mol. The zero-order valence-electron chi connectivity index (χ0n) is 14.8. The highest BCUT2D eigenvalue weighted by atomic mass is 16.6. The molecule has 138 valence electrons. The number of fused-ring (bicyclic) bond motifs is 1. The summed E-state index contributed by atoms with van der Waals surface area (Å²) in [6, 6.07) is 5.06. The average Bonchev–Trinajstić information content (AvgIpc) is 2.64. The minimum atomic E-state index is -0.333. The van der Waals surface area contributed by atoms with E-state index in [-0.39, 0.29) is 17.2 Å². The van der Waals surface area contributed by atoms with E-state index in [1.807, 2.05) is 0 Å². The maximum Gasteiger partial charge on any atom is 0.269 e. The van der Waals surface area contributed by atoms with Crippen LogP contribution >= 0.6 is 0 Å². The Morgan fingerprint density at radius 1 is 0.885 bits per heavy atom. The van der Waals surface area contributed by atoms with Crippen molar-refractivity contribution < 1.29 is 19.1 Å². The molecule has 0 unspecified atom stereocenters. The first-order chi connectivity index (χ1) is 12.6. The smallest absolute Gasteiger partial charge is 0.269 e. The van der Waals surface area contributed by atoms with Gasteiger partial charge in [-0.3, -0.25) is 20.4 Å². The van der Waals surface area contributed by atoms with Crippen LogP contribution in [0.1, 0.15) is 48.9 Å². The number of benzene rings is 1. The van der Waals surface area contributed by atoms with E-state index < -0.39 is 0 Å². The predicted octanol–water partition coefficient (Wildman–Crippen LogP) is 2.44. The fourth-order valence-corrected chi connectivity index (χ4v) is 5.89. The number of hydrogen-bond donors (Lipinski definition) is 2. The van der Waals surface area contributed by atoms with Crippen LogP contribution in [0.15, 0.2) is 18.2 Å². The molecule has 0 atom stereocenters. The Kier molecular flexibility index (Phi) is 3.62. The van der Waals surface area contributed by atoms with Crippen LogP contribution in [0, 0.1) is 23.2 Å². The summed E-state index contributed by atoms with van der Waals surface area (Å²) in [6.07, 6.45) is 6.79. The van der Waals surface area contributed by atoms with Gasteiger partial charge in [-0.25, -0.2) is 0 Å². The third kappa shape index (κ3) is 2.63. The van der Waals surface area contributed by atoms with Crippen molar-refractivity contribution in [2.45, 2.75) is 38.5 Å². The normalized spacial score (nSPS) is 33.6. The van der Waals surface area contributed by atoms with Gasteiger partial charge in [0.2, 0.25) is 5.91 Å². The first kappa shape index (κ1) is 16.0. The highest BCUT2D eigenvalue weighted by Crippen LogP contribution is 2.60. The molecule has 4 bridgehead atoms. The van der Waals surface area contributed by atoms with Crippen LogP contribution in [0.2, 0.25) is 0 Å². The lowest BCUT2D eigenvalue weighted by molar-refractivity contribution is -0.147. The van der Waals surface area contributed by atoms with Crippen molar-refractivity contribution in [3.05, 3.63) is 23.8 Å². The Labute approximate surface area is 152 Å². The molecule has 1 aromatic carbocycles. The van der Waals surface area contributed by atoms with Crippen LogP contribution in [0.4, 0.5) is 0 Å². The number of amides is 2. The summed E-state index contributed by atoms with van der Waals surface area (Å²) in [5.41, 5.74) is 5.48. The summed E-state index contributed by atoms with van der Waals surface area (Å²) in [5.74, 6) is 2.95. The summed E-state index contributed by atoms with van der Waals surface area (Å²) < 4.78 is 11.0. The third-order valence-electron chi connectivity index (χ3n) is 6.61. The van der Waals surface area contributed by atoms with E-state index in [2.05, 4.69) is 10.9 Å². The molecule has 2 amide bonds. The molecule has 1 aromatic rings. The largest absolute Gasteiger partial charge is 0.486 e. The monoisotopic (exact) mass is 356 g/mol. The zero-order chi connectivity index (χ0) is 17.7. The van der Waals surface area contributed by atoms with Crippen molar-refractivity contribution >= 4 is 11.8 Å². The Morgan fingerprint density at radius 3 is 2.15 bits per heavy atom. The maximum absolute atomic E-state index is 12.9. The number of nitrogens with one attached hydrogen (secondary N) is 2. The molecular weight excluding hydrogens is 332 g/mol. The molecule has 4 aliphatic carbocycles. The molecule has 0 radical (unpaired) electrons. The number of rotatable bonds is 2. The van der Waals surface area contributed by atoms with Crippen molar-refractivity contribution in [3.63, 3.8) is 0 Å². The summed E-state index contributed by atoms with van der Waals surface area (Å²) in [7, 11) is 0. The first-order valence-corrected chi connectivity index (χ1v) is 9.62. The molecule has 0 saturated heterocycles. The summed E-state index contributed by atoms with van der Waals surface area (Å²) >= 11 is 0. The fourth-order valence-electron chi connectivity index (χ4n) is 5.89. The summed E-state index contributed by atoms with van der Waals surface area (Å²) in [6.45, 7) is 0.987. The van der Waals surface area contributed by atoms with Crippen LogP contribution in [0.5, 0.6) is 11.5 Å². The molecule has 5 aliphatic rings. The topological polar surface area (TPSA) is 76.7 Å². The van der Waals surface area contributed by atoms with Crippen LogP contribution < -0.4 is 20.3 Å². The van der Waals surface area contributed by atoms with Crippen molar-refractivity contribution in [1.29, 1.82) is 0 Å². The van der Waals surface area contributed by atoms with Gasteiger partial charge in [-0.1, -0.05) is 0 Å². The molecular formula is C20H24N2O4. The van der Waals surface area contributed by atoms with Crippen LogP contribution in [-0.2, 0) is 4.79 Å². The number of hydrogen-bond acceptors (Lipinski definition) is 4. The van der Waals surface area contributed by atoms with E-state index in [0.717, 1.165) is 19.3 Å². The highest BCUT2D eigenvalue weighted by molar-refractivity contribution is 5.96. The van der Waals surface area contributed by atoms with Crippen LogP contribution in [0.3, 0.4) is 0 Å². The number of ether oxygens (including phenoxy) is 2. The molecule has 6 heteroatoms. The summed E-state index contributed by atoms with van der Waals surface area (Å²) in [4.78, 5) is 25.3. The molecule has 6 nitrogen and oxygen atoms in total. The van der Waals surface area contributed by atoms with Crippen molar-refractivity contribution in [3.8, 4) is 11.5 Å². The Hall–Kier alpha value is -2.24. The molecule has 4 saturated carbocycles. The molecule has 6 rings (SSSR count). The van der Waals surface area contributed by atoms with E-state index in [1.165, 1.54) is 19.3 Å². The molecule has 1 heterocycles. The molecule has 0 aromatic heterocycles. The quantitative estimate of drug-likeness (QED) is 0.798. The Balaban J connectivity index is 1.25. The predicted molar refractivity (Wildman–Crippen MR) is 93.6 cm³/mol. The van der Waals surface area contributed by atoms with Crippen LogP contribution in [-0.4, -0.2) is 25.0 Å². The minimum absolute atomic E-state index is 0.0116. The number of carbonyl (C=O) groups excluding carboxylic acids is 2. The van der Waals surface area contributed by atoms with Crippen molar-refractivity contribution in [1.82, 2.24) is 10.9 Å². The second-order valence-corrected chi connectivity index (χ2v) is 8.46.